The molecule has 0 atom stereocenters. The van der Waals surface area contributed by atoms with Gasteiger partial charge in [-0.15, -0.1) is 0 Å². The third kappa shape index (κ3) is 1.97. The van der Waals surface area contributed by atoms with Gasteiger partial charge in [0.2, 0.25) is 0 Å². The summed E-state index contributed by atoms with van der Waals surface area (Å²) >= 11 is 0. The van der Waals surface area contributed by atoms with Gasteiger partial charge in [-0.05, 0) is 6.07 Å². The molecular weight excluding hydrogens is 240 g/mol. The van der Waals surface area contributed by atoms with E-state index in [1.54, 1.807) is 18.5 Å². The maximum atomic E-state index is 11.5. The van der Waals surface area contributed by atoms with Gasteiger partial charge in [-0.1, -0.05) is 24.3 Å². The molecule has 0 N–H and O–H groups in total. The second-order valence-corrected chi connectivity index (χ2v) is 4.18. The molecule has 0 saturated carbocycles. The van der Waals surface area contributed by atoms with Crippen molar-refractivity contribution in [1.29, 1.82) is 0 Å². The average molecular weight is 252 g/mol. The quantitative estimate of drug-likeness (QED) is 0.659. The Morgan fingerprint density at radius 2 is 2.05 bits per heavy atom. The van der Waals surface area contributed by atoms with E-state index in [2.05, 4.69) is 4.98 Å². The number of nitrogens with zero attached hydrogens (tertiary/aromatic N) is 2. The smallest absolute Gasteiger partial charge is 0.339 e. The van der Waals surface area contributed by atoms with Crippen molar-refractivity contribution in [2.75, 3.05) is 7.11 Å². The summed E-state index contributed by atoms with van der Waals surface area (Å²) in [7, 11) is 1.37. The molecule has 1 aromatic carbocycles. The molecule has 0 aliphatic heterocycles. The van der Waals surface area contributed by atoms with Crippen LogP contribution in [0, 0.1) is 0 Å². The molecular formula is C15H12N2O2. The van der Waals surface area contributed by atoms with Crippen LogP contribution in [0.4, 0.5) is 0 Å². The van der Waals surface area contributed by atoms with Crippen LogP contribution < -0.4 is 0 Å². The Balaban J connectivity index is 2.14. The fourth-order valence-corrected chi connectivity index (χ4v) is 2.09. The van der Waals surface area contributed by atoms with Crippen LogP contribution in [0.1, 0.15) is 10.4 Å². The first-order valence-electron chi connectivity index (χ1n) is 5.89. The van der Waals surface area contributed by atoms with Gasteiger partial charge in [-0.3, -0.25) is 4.98 Å². The van der Waals surface area contributed by atoms with Gasteiger partial charge in [-0.25, -0.2) is 4.79 Å². The molecule has 0 saturated heterocycles. The number of rotatable bonds is 2. The number of methoxy groups -OCH3 is 1. The third-order valence-electron chi connectivity index (χ3n) is 3.04. The number of carbonyl (C=O) groups is 1. The van der Waals surface area contributed by atoms with E-state index in [4.69, 9.17) is 4.74 Å². The Morgan fingerprint density at radius 3 is 2.89 bits per heavy atom. The lowest BCUT2D eigenvalue weighted by molar-refractivity contribution is 0.0601. The Hall–Kier alpha value is -2.62. The molecule has 0 unspecified atom stereocenters. The lowest BCUT2D eigenvalue weighted by Crippen LogP contribution is -1.99. The molecule has 0 aliphatic carbocycles. The van der Waals surface area contributed by atoms with E-state index >= 15 is 0 Å². The lowest BCUT2D eigenvalue weighted by Gasteiger charge is -2.06. The molecule has 4 nitrogen and oxygen atoms in total. The second-order valence-electron chi connectivity index (χ2n) is 4.18. The summed E-state index contributed by atoms with van der Waals surface area (Å²) < 4.78 is 6.58. The number of hydrogen-bond donors (Lipinski definition) is 0. The molecule has 0 fully saturated rings. The van der Waals surface area contributed by atoms with Crippen LogP contribution in [0.25, 0.3) is 16.5 Å². The summed E-state index contributed by atoms with van der Waals surface area (Å²) in [4.78, 5) is 15.7. The summed E-state index contributed by atoms with van der Waals surface area (Å²) in [5, 5.41) is 2.15. The van der Waals surface area contributed by atoms with Gasteiger partial charge < -0.3 is 9.30 Å². The van der Waals surface area contributed by atoms with Crippen LogP contribution in [0.5, 0.6) is 0 Å². The zero-order chi connectivity index (χ0) is 13.2. The first-order valence-corrected chi connectivity index (χ1v) is 5.89. The summed E-state index contributed by atoms with van der Waals surface area (Å²) in [6, 6.07) is 9.73. The summed E-state index contributed by atoms with van der Waals surface area (Å²) in [5.74, 6) is -0.341. The van der Waals surface area contributed by atoms with Gasteiger partial charge in [0.05, 0.1) is 24.6 Å². The summed E-state index contributed by atoms with van der Waals surface area (Å²) in [5.41, 5.74) is 1.46. The number of carbonyl (C=O) groups excluding carboxylic acids is 1. The van der Waals surface area contributed by atoms with Crippen molar-refractivity contribution in [1.82, 2.24) is 9.55 Å². The fourth-order valence-electron chi connectivity index (χ4n) is 2.09. The van der Waals surface area contributed by atoms with E-state index in [0.717, 1.165) is 16.5 Å². The van der Waals surface area contributed by atoms with E-state index in [1.165, 1.54) is 7.11 Å². The molecule has 0 spiro atoms. The first-order chi connectivity index (χ1) is 9.29. The molecule has 19 heavy (non-hydrogen) atoms. The monoisotopic (exact) mass is 252 g/mol. The number of pyridine rings is 1. The van der Waals surface area contributed by atoms with Crippen molar-refractivity contribution in [2.45, 2.75) is 0 Å². The predicted octanol–water partition coefficient (Wildman–Crippen LogP) is 2.81. The highest BCUT2D eigenvalue weighted by Gasteiger charge is 2.09. The van der Waals surface area contributed by atoms with E-state index < -0.39 is 0 Å². The van der Waals surface area contributed by atoms with Crippen LogP contribution in [0.3, 0.4) is 0 Å². The number of ether oxygens (including phenoxy) is 1. The Labute approximate surface area is 110 Å². The molecule has 2 heterocycles. The molecule has 3 rings (SSSR count). The van der Waals surface area contributed by atoms with Crippen molar-refractivity contribution < 1.29 is 9.53 Å². The Kier molecular flexibility index (Phi) is 2.76. The Bertz CT molecular complexity index is 741. The van der Waals surface area contributed by atoms with Crippen molar-refractivity contribution in [2.24, 2.45) is 0 Å². The van der Waals surface area contributed by atoms with Crippen molar-refractivity contribution in [3.63, 3.8) is 0 Å². The highest BCUT2D eigenvalue weighted by Crippen LogP contribution is 2.21. The van der Waals surface area contributed by atoms with E-state index in [9.17, 15) is 4.79 Å². The van der Waals surface area contributed by atoms with Gasteiger partial charge in [0, 0.05) is 29.4 Å². The molecule has 0 amide bonds. The number of fused-ring (bicyclic) bond motifs is 1. The molecule has 0 radical (unpaired) electrons. The topological polar surface area (TPSA) is 44.1 Å². The number of aromatic nitrogens is 2. The van der Waals surface area contributed by atoms with Gasteiger partial charge in [0.1, 0.15) is 0 Å². The Morgan fingerprint density at radius 1 is 1.21 bits per heavy atom. The van der Waals surface area contributed by atoms with E-state index in [1.807, 2.05) is 41.2 Å². The van der Waals surface area contributed by atoms with Crippen LogP contribution in [0.15, 0.2) is 55.1 Å². The minimum atomic E-state index is -0.341. The maximum Gasteiger partial charge on any atom is 0.339 e. The zero-order valence-electron chi connectivity index (χ0n) is 10.4. The largest absolute Gasteiger partial charge is 0.465 e. The van der Waals surface area contributed by atoms with Gasteiger partial charge >= 0.3 is 5.97 Å². The lowest BCUT2D eigenvalue weighted by atomic mass is 10.1. The third-order valence-corrected chi connectivity index (χ3v) is 3.04. The molecule has 0 aliphatic rings. The van der Waals surface area contributed by atoms with Crippen molar-refractivity contribution >= 4 is 16.7 Å². The highest BCUT2D eigenvalue weighted by atomic mass is 16.5. The van der Waals surface area contributed by atoms with E-state index in [0.29, 0.717) is 5.56 Å². The molecule has 94 valence electrons. The minimum absolute atomic E-state index is 0.341. The molecule has 4 heteroatoms. The normalized spacial score (nSPS) is 10.6. The predicted molar refractivity (Wildman–Crippen MR) is 72.4 cm³/mol. The standard InChI is InChI=1S/C15H12N2O2/c1-19-15(18)12-6-7-17(10-12)14-9-16-8-11-4-2-3-5-13(11)14/h2-10H,1H3. The van der Waals surface area contributed by atoms with Crippen molar-refractivity contribution in [3.05, 3.63) is 60.7 Å². The number of esters is 1. The maximum absolute atomic E-state index is 11.5. The van der Waals surface area contributed by atoms with Crippen LogP contribution >= 0.6 is 0 Å². The summed E-state index contributed by atoms with van der Waals surface area (Å²) in [6.07, 6.45) is 7.18. The van der Waals surface area contributed by atoms with Crippen LogP contribution in [-0.4, -0.2) is 22.6 Å². The number of benzene rings is 1. The first kappa shape index (κ1) is 11.5. The minimum Gasteiger partial charge on any atom is -0.465 e. The van der Waals surface area contributed by atoms with Gasteiger partial charge in [0.15, 0.2) is 0 Å². The van der Waals surface area contributed by atoms with E-state index in [-0.39, 0.29) is 5.97 Å². The molecule has 0 bridgehead atoms. The summed E-state index contributed by atoms with van der Waals surface area (Å²) in [6.45, 7) is 0. The fraction of sp³-hybridized carbons (Fsp3) is 0.0667. The van der Waals surface area contributed by atoms with Crippen LogP contribution in [0.2, 0.25) is 0 Å². The molecule has 3 aromatic rings. The highest BCUT2D eigenvalue weighted by molar-refractivity contribution is 5.91. The average Bonchev–Trinajstić information content (AvgIpc) is 2.95. The molecule has 2 aromatic heterocycles. The SMILES string of the molecule is COC(=O)c1ccn(-c2cncc3ccccc23)c1. The second kappa shape index (κ2) is 4.57. The van der Waals surface area contributed by atoms with Crippen molar-refractivity contribution in [3.8, 4) is 5.69 Å². The number of hydrogen-bond acceptors (Lipinski definition) is 3. The van der Waals surface area contributed by atoms with Crippen LogP contribution in [-0.2, 0) is 4.74 Å². The van der Waals surface area contributed by atoms with Gasteiger partial charge in [-0.2, -0.15) is 0 Å². The zero-order valence-corrected chi connectivity index (χ0v) is 10.4. The van der Waals surface area contributed by atoms with Gasteiger partial charge in [0.25, 0.3) is 0 Å².